The predicted molar refractivity (Wildman–Crippen MR) is 74.4 cm³/mol. The van der Waals surface area contributed by atoms with E-state index in [0.29, 0.717) is 11.1 Å². The Morgan fingerprint density at radius 2 is 2.16 bits per heavy atom. The topological polar surface area (TPSA) is 87.6 Å². The minimum atomic E-state index is -0.0167. The Bertz CT molecular complexity index is 453. The molecule has 0 amide bonds. The van der Waals surface area contributed by atoms with Gasteiger partial charge < -0.3 is 15.8 Å². The number of nitrogens with two attached hydrogens (primary N) is 1. The molecular formula is C13H21N5O. The van der Waals surface area contributed by atoms with Crippen molar-refractivity contribution in [2.45, 2.75) is 33.1 Å². The zero-order valence-corrected chi connectivity index (χ0v) is 11.5. The summed E-state index contributed by atoms with van der Waals surface area (Å²) >= 11 is 0. The molecule has 1 aromatic heterocycles. The van der Waals surface area contributed by atoms with Gasteiger partial charge in [0, 0.05) is 13.1 Å². The second-order valence-corrected chi connectivity index (χ2v) is 5.12. The third-order valence-corrected chi connectivity index (χ3v) is 4.27. The van der Waals surface area contributed by atoms with Crippen molar-refractivity contribution in [2.24, 2.45) is 16.3 Å². The van der Waals surface area contributed by atoms with E-state index < -0.39 is 0 Å². The summed E-state index contributed by atoms with van der Waals surface area (Å²) in [7, 11) is 0. The number of anilines is 1. The van der Waals surface area contributed by atoms with E-state index in [1.54, 1.807) is 12.4 Å². The van der Waals surface area contributed by atoms with Crippen LogP contribution < -0.4 is 10.6 Å². The largest absolute Gasteiger partial charge is 0.409 e. The normalized spacial score (nSPS) is 18.8. The van der Waals surface area contributed by atoms with E-state index >= 15 is 0 Å². The summed E-state index contributed by atoms with van der Waals surface area (Å²) in [5.41, 5.74) is 6.27. The zero-order valence-electron chi connectivity index (χ0n) is 11.5. The summed E-state index contributed by atoms with van der Waals surface area (Å²) in [6.07, 6.45) is 6.81. The van der Waals surface area contributed by atoms with Crippen LogP contribution in [0.5, 0.6) is 0 Å². The highest BCUT2D eigenvalue weighted by Crippen LogP contribution is 2.38. The van der Waals surface area contributed by atoms with E-state index in [1.165, 1.54) is 19.3 Å². The fourth-order valence-electron chi connectivity index (χ4n) is 2.63. The molecule has 3 N–H and O–H groups in total. The smallest absolute Gasteiger partial charge is 0.190 e. The molecule has 0 saturated carbocycles. The van der Waals surface area contributed by atoms with Crippen molar-refractivity contribution in [3.8, 4) is 0 Å². The van der Waals surface area contributed by atoms with Gasteiger partial charge in [-0.15, -0.1) is 0 Å². The van der Waals surface area contributed by atoms with Crippen molar-refractivity contribution in [3.05, 3.63) is 18.1 Å². The third kappa shape index (κ3) is 2.62. The second kappa shape index (κ2) is 5.42. The Morgan fingerprint density at radius 3 is 2.63 bits per heavy atom. The van der Waals surface area contributed by atoms with Crippen molar-refractivity contribution in [1.29, 1.82) is 0 Å². The van der Waals surface area contributed by atoms with Crippen molar-refractivity contribution >= 4 is 11.7 Å². The first-order chi connectivity index (χ1) is 9.14. The first kappa shape index (κ1) is 13.6. The van der Waals surface area contributed by atoms with Gasteiger partial charge in [0.05, 0.1) is 12.4 Å². The maximum Gasteiger partial charge on any atom is 0.190 e. The fraction of sp³-hybridized carbons (Fsp3) is 0.615. The van der Waals surface area contributed by atoms with Gasteiger partial charge in [0.1, 0.15) is 11.5 Å². The molecule has 0 atom stereocenters. The molecule has 1 aliphatic heterocycles. The lowest BCUT2D eigenvalue weighted by Gasteiger charge is -2.26. The van der Waals surface area contributed by atoms with E-state index in [0.717, 1.165) is 18.9 Å². The summed E-state index contributed by atoms with van der Waals surface area (Å²) in [6.45, 7) is 6.54. The minimum Gasteiger partial charge on any atom is -0.409 e. The van der Waals surface area contributed by atoms with Crippen LogP contribution in [0.1, 0.15) is 38.8 Å². The lowest BCUT2D eigenvalue weighted by molar-refractivity contribution is 0.301. The Kier molecular flexibility index (Phi) is 3.87. The lowest BCUT2D eigenvalue weighted by Crippen LogP contribution is -2.27. The second-order valence-electron chi connectivity index (χ2n) is 5.12. The molecule has 0 bridgehead atoms. The molecular weight excluding hydrogens is 242 g/mol. The van der Waals surface area contributed by atoms with Crippen molar-refractivity contribution in [1.82, 2.24) is 9.97 Å². The van der Waals surface area contributed by atoms with E-state index in [9.17, 15) is 0 Å². The van der Waals surface area contributed by atoms with Crippen LogP contribution in [0, 0.1) is 5.41 Å². The molecule has 19 heavy (non-hydrogen) atoms. The van der Waals surface area contributed by atoms with Gasteiger partial charge in [-0.25, -0.2) is 9.97 Å². The predicted octanol–water partition coefficient (Wildman–Crippen LogP) is 1.59. The van der Waals surface area contributed by atoms with Gasteiger partial charge in [-0.2, -0.15) is 0 Å². The number of amidine groups is 1. The Labute approximate surface area is 113 Å². The standard InChI is InChI=1S/C13H21N5O/c1-3-13(4-2)5-6-18(9-13)11-8-15-10(7-16-11)12(14)17-19/h7-8,19H,3-6,9H2,1-2H3,(H2,14,17). The zero-order chi connectivity index (χ0) is 13.9. The van der Waals surface area contributed by atoms with Gasteiger partial charge in [0.15, 0.2) is 5.84 Å². The molecule has 0 spiro atoms. The molecule has 6 heteroatoms. The molecule has 6 nitrogen and oxygen atoms in total. The summed E-state index contributed by atoms with van der Waals surface area (Å²) in [5, 5.41) is 11.5. The third-order valence-electron chi connectivity index (χ3n) is 4.27. The Hall–Kier alpha value is -1.85. The average molecular weight is 263 g/mol. The highest BCUT2D eigenvalue weighted by molar-refractivity contribution is 5.94. The minimum absolute atomic E-state index is 0.0167. The average Bonchev–Trinajstić information content (AvgIpc) is 2.92. The molecule has 0 aromatic carbocycles. The van der Waals surface area contributed by atoms with Gasteiger partial charge in [-0.1, -0.05) is 19.0 Å². The SMILES string of the molecule is CCC1(CC)CCN(c2cnc(C(N)=NO)cn2)C1. The van der Waals surface area contributed by atoms with E-state index in [2.05, 4.69) is 33.9 Å². The molecule has 1 fully saturated rings. The van der Waals surface area contributed by atoms with Gasteiger partial charge in [0.25, 0.3) is 0 Å². The monoisotopic (exact) mass is 263 g/mol. The van der Waals surface area contributed by atoms with Crippen LogP contribution in [0.2, 0.25) is 0 Å². The number of hydrogen-bond donors (Lipinski definition) is 2. The molecule has 1 aliphatic rings. The van der Waals surface area contributed by atoms with E-state index in [-0.39, 0.29) is 5.84 Å². The molecule has 1 aromatic rings. The lowest BCUT2D eigenvalue weighted by atomic mass is 9.82. The van der Waals surface area contributed by atoms with Crippen LogP contribution in [0.3, 0.4) is 0 Å². The molecule has 104 valence electrons. The van der Waals surface area contributed by atoms with Crippen LogP contribution in [0.4, 0.5) is 5.82 Å². The highest BCUT2D eigenvalue weighted by Gasteiger charge is 2.35. The fourth-order valence-corrected chi connectivity index (χ4v) is 2.63. The number of aromatic nitrogens is 2. The number of nitrogens with zero attached hydrogens (tertiary/aromatic N) is 4. The first-order valence-electron chi connectivity index (χ1n) is 6.69. The maximum absolute atomic E-state index is 8.59. The van der Waals surface area contributed by atoms with Crippen LogP contribution in [-0.4, -0.2) is 34.1 Å². The molecule has 1 saturated heterocycles. The van der Waals surface area contributed by atoms with Crippen LogP contribution >= 0.6 is 0 Å². The summed E-state index contributed by atoms with van der Waals surface area (Å²) in [6, 6.07) is 0. The summed E-state index contributed by atoms with van der Waals surface area (Å²) in [5.74, 6) is 0.843. The van der Waals surface area contributed by atoms with E-state index in [1.807, 2.05) is 0 Å². The molecule has 0 radical (unpaired) electrons. The van der Waals surface area contributed by atoms with Crippen LogP contribution in [0.15, 0.2) is 17.5 Å². The van der Waals surface area contributed by atoms with Gasteiger partial charge in [-0.05, 0) is 24.7 Å². The highest BCUT2D eigenvalue weighted by atomic mass is 16.4. The van der Waals surface area contributed by atoms with Crippen molar-refractivity contribution in [2.75, 3.05) is 18.0 Å². The quantitative estimate of drug-likeness (QED) is 0.373. The summed E-state index contributed by atoms with van der Waals surface area (Å²) < 4.78 is 0. The number of rotatable bonds is 4. The van der Waals surface area contributed by atoms with E-state index in [4.69, 9.17) is 10.9 Å². The molecule has 2 rings (SSSR count). The summed E-state index contributed by atoms with van der Waals surface area (Å²) in [4.78, 5) is 10.8. The molecule has 2 heterocycles. The number of oxime groups is 1. The van der Waals surface area contributed by atoms with Crippen molar-refractivity contribution < 1.29 is 5.21 Å². The van der Waals surface area contributed by atoms with Crippen LogP contribution in [0.25, 0.3) is 0 Å². The maximum atomic E-state index is 8.59. The van der Waals surface area contributed by atoms with Gasteiger partial charge in [0.2, 0.25) is 0 Å². The molecule has 0 unspecified atom stereocenters. The van der Waals surface area contributed by atoms with Gasteiger partial charge >= 0.3 is 0 Å². The Morgan fingerprint density at radius 1 is 1.42 bits per heavy atom. The number of hydrogen-bond acceptors (Lipinski definition) is 5. The van der Waals surface area contributed by atoms with Crippen molar-refractivity contribution in [3.63, 3.8) is 0 Å². The molecule has 0 aliphatic carbocycles. The first-order valence-corrected chi connectivity index (χ1v) is 6.69. The Balaban J connectivity index is 2.12. The van der Waals surface area contributed by atoms with Gasteiger partial charge in [-0.3, -0.25) is 0 Å². The van der Waals surface area contributed by atoms with Crippen LogP contribution in [-0.2, 0) is 0 Å².